The molecule has 2 atom stereocenters. The fourth-order valence-corrected chi connectivity index (χ4v) is 1.42. The molecule has 0 saturated heterocycles. The summed E-state index contributed by atoms with van der Waals surface area (Å²) >= 11 is 0. The van der Waals surface area contributed by atoms with Crippen LogP contribution in [0.25, 0.3) is 0 Å². The van der Waals surface area contributed by atoms with E-state index >= 15 is 0 Å². The van der Waals surface area contributed by atoms with Crippen molar-refractivity contribution in [1.82, 2.24) is 0 Å². The molecule has 0 N–H and O–H groups in total. The van der Waals surface area contributed by atoms with Gasteiger partial charge in [-0.25, -0.2) is 0 Å². The highest BCUT2D eigenvalue weighted by Crippen LogP contribution is 2.37. The van der Waals surface area contributed by atoms with Crippen molar-refractivity contribution < 1.29 is 32.5 Å². The number of hydrogen-bond acceptors (Lipinski definition) is 6. The molecule has 0 heterocycles. The van der Waals surface area contributed by atoms with Gasteiger partial charge in [-0.2, -0.15) is 0 Å². The number of esters is 1. The third-order valence-electron chi connectivity index (χ3n) is 2.36. The van der Waals surface area contributed by atoms with Crippen LogP contribution in [0.15, 0.2) is 0 Å². The molecule has 0 amide bonds. The molecule has 0 bridgehead atoms. The van der Waals surface area contributed by atoms with E-state index in [0.29, 0.717) is 6.42 Å². The summed E-state index contributed by atoms with van der Waals surface area (Å²) in [6.45, 7) is 3.53. The lowest BCUT2D eigenvalue weighted by Gasteiger charge is -2.31. The van der Waals surface area contributed by atoms with Crippen molar-refractivity contribution in [3.05, 3.63) is 0 Å². The Balaban J connectivity index is 4.16. The average Bonchev–Trinajstić information content (AvgIpc) is 2.33. The molecule has 0 rings (SSSR count). The minimum Gasteiger partial charge on any atom is -0.756 e. The van der Waals surface area contributed by atoms with Crippen molar-refractivity contribution in [3.8, 4) is 0 Å². The van der Waals surface area contributed by atoms with E-state index < -0.39 is 7.82 Å². The molecule has 0 aromatic carbocycles. The van der Waals surface area contributed by atoms with Gasteiger partial charge in [0.05, 0.1) is 20.0 Å². The SMILES string of the molecule is CCC(C)C(=O)OC[N+](C)(C)COP(=O)([O-])OC. The summed E-state index contributed by atoms with van der Waals surface area (Å²) in [5.74, 6) is -0.476. The van der Waals surface area contributed by atoms with Crippen LogP contribution in [0.1, 0.15) is 20.3 Å². The maximum absolute atomic E-state index is 11.5. The lowest BCUT2D eigenvalue weighted by Crippen LogP contribution is -2.44. The summed E-state index contributed by atoms with van der Waals surface area (Å²) < 4.78 is 24.9. The Hall–Kier alpha value is -0.460. The van der Waals surface area contributed by atoms with Crippen molar-refractivity contribution in [2.24, 2.45) is 5.92 Å². The van der Waals surface area contributed by atoms with Crippen molar-refractivity contribution in [3.63, 3.8) is 0 Å². The zero-order chi connectivity index (χ0) is 14.4. The van der Waals surface area contributed by atoms with Crippen LogP contribution in [0, 0.1) is 5.92 Å². The first-order chi connectivity index (χ1) is 8.13. The van der Waals surface area contributed by atoms with E-state index in [2.05, 4.69) is 9.05 Å². The van der Waals surface area contributed by atoms with Gasteiger partial charge in [-0.05, 0) is 6.42 Å². The molecule has 18 heavy (non-hydrogen) atoms. The summed E-state index contributed by atoms with van der Waals surface area (Å²) in [7, 11) is 0.137. The number of quaternary nitrogens is 1. The standard InChI is InChI=1S/C10H22NO6P/c1-6-9(2)10(12)16-7-11(3,4)8-17-18(13,14)15-5/h9H,6-8H2,1-5H3. The van der Waals surface area contributed by atoms with Crippen molar-refractivity contribution in [1.29, 1.82) is 0 Å². The van der Waals surface area contributed by atoms with Gasteiger partial charge in [-0.3, -0.25) is 18.4 Å². The Bertz CT molecular complexity index is 319. The van der Waals surface area contributed by atoms with E-state index in [1.54, 1.807) is 21.0 Å². The monoisotopic (exact) mass is 283 g/mol. The minimum atomic E-state index is -4.25. The van der Waals surface area contributed by atoms with Crippen LogP contribution < -0.4 is 4.89 Å². The van der Waals surface area contributed by atoms with Gasteiger partial charge >= 0.3 is 5.97 Å². The van der Waals surface area contributed by atoms with E-state index in [9.17, 15) is 14.3 Å². The first kappa shape index (κ1) is 17.5. The third kappa shape index (κ3) is 7.08. The number of ether oxygens (including phenoxy) is 1. The number of phosphoric acid groups is 1. The third-order valence-corrected chi connectivity index (χ3v) is 3.24. The maximum Gasteiger partial charge on any atom is 0.312 e. The van der Waals surface area contributed by atoms with Gasteiger partial charge in [0.25, 0.3) is 7.82 Å². The summed E-state index contributed by atoms with van der Waals surface area (Å²) in [5.41, 5.74) is 0. The second-order valence-corrected chi connectivity index (χ2v) is 6.24. The molecular weight excluding hydrogens is 261 g/mol. The largest absolute Gasteiger partial charge is 0.756 e. The van der Waals surface area contributed by atoms with E-state index in [4.69, 9.17) is 4.74 Å². The van der Waals surface area contributed by atoms with Gasteiger partial charge < -0.3 is 14.2 Å². The minimum absolute atomic E-state index is 0.0346. The van der Waals surface area contributed by atoms with Crippen LogP contribution >= 0.6 is 7.82 Å². The molecule has 0 radical (unpaired) electrons. The second kappa shape index (κ2) is 7.21. The number of nitrogens with zero attached hydrogens (tertiary/aromatic N) is 1. The van der Waals surface area contributed by atoms with Crippen LogP contribution in [0.2, 0.25) is 0 Å². The first-order valence-corrected chi connectivity index (χ1v) is 7.09. The molecule has 0 aromatic heterocycles. The summed E-state index contributed by atoms with van der Waals surface area (Å²) in [5, 5.41) is 0. The van der Waals surface area contributed by atoms with Gasteiger partial charge in [-0.1, -0.05) is 13.8 Å². The van der Waals surface area contributed by atoms with Crippen LogP contribution in [0.4, 0.5) is 0 Å². The maximum atomic E-state index is 11.5. The summed E-state index contributed by atoms with van der Waals surface area (Å²) in [6.07, 6.45) is 0.697. The quantitative estimate of drug-likeness (QED) is 0.282. The second-order valence-electron chi connectivity index (χ2n) is 4.73. The Morgan fingerprint density at radius 3 is 2.39 bits per heavy atom. The topological polar surface area (TPSA) is 84.9 Å². The zero-order valence-electron chi connectivity index (χ0n) is 11.5. The smallest absolute Gasteiger partial charge is 0.312 e. The molecule has 0 spiro atoms. The van der Waals surface area contributed by atoms with Crippen molar-refractivity contribution in [2.45, 2.75) is 20.3 Å². The molecule has 0 aliphatic rings. The Morgan fingerprint density at radius 2 is 1.94 bits per heavy atom. The number of rotatable bonds is 8. The predicted molar refractivity (Wildman–Crippen MR) is 63.1 cm³/mol. The van der Waals surface area contributed by atoms with Gasteiger partial charge in [0.1, 0.15) is 0 Å². The van der Waals surface area contributed by atoms with Crippen LogP contribution in [-0.2, 0) is 23.1 Å². The zero-order valence-corrected chi connectivity index (χ0v) is 12.4. The number of carbonyl (C=O) groups is 1. The number of hydrogen-bond donors (Lipinski definition) is 0. The van der Waals surface area contributed by atoms with Crippen molar-refractivity contribution >= 4 is 13.8 Å². The Labute approximate surface area is 108 Å². The molecule has 8 heteroatoms. The Morgan fingerprint density at radius 1 is 1.39 bits per heavy atom. The van der Waals surface area contributed by atoms with Crippen LogP contribution in [-0.4, -0.2) is 45.1 Å². The lowest BCUT2D eigenvalue weighted by atomic mass is 10.1. The van der Waals surface area contributed by atoms with Gasteiger partial charge in [-0.15, -0.1) is 0 Å². The number of phosphoric ester groups is 1. The molecule has 7 nitrogen and oxygen atoms in total. The normalized spacial score (nSPS) is 17.0. The first-order valence-electron chi connectivity index (χ1n) is 5.63. The molecule has 0 aromatic rings. The number of carbonyl (C=O) groups excluding carboxylic acids is 1. The lowest BCUT2D eigenvalue weighted by molar-refractivity contribution is -0.922. The van der Waals surface area contributed by atoms with Crippen LogP contribution in [0.3, 0.4) is 0 Å². The van der Waals surface area contributed by atoms with E-state index in [1.165, 1.54) is 0 Å². The predicted octanol–water partition coefficient (Wildman–Crippen LogP) is 0.699. The van der Waals surface area contributed by atoms with E-state index in [-0.39, 0.29) is 29.8 Å². The van der Waals surface area contributed by atoms with E-state index in [1.807, 2.05) is 6.92 Å². The fraction of sp³-hybridized carbons (Fsp3) is 0.900. The highest BCUT2D eigenvalue weighted by molar-refractivity contribution is 7.45. The Kier molecular flexibility index (Phi) is 7.02. The molecule has 0 aliphatic carbocycles. The average molecular weight is 283 g/mol. The van der Waals surface area contributed by atoms with Crippen LogP contribution in [0.5, 0.6) is 0 Å². The molecule has 2 unspecified atom stereocenters. The molecule has 0 aliphatic heterocycles. The highest BCUT2D eigenvalue weighted by atomic mass is 31.2. The molecule has 0 fully saturated rings. The van der Waals surface area contributed by atoms with Gasteiger partial charge in [0.15, 0.2) is 6.73 Å². The molecule has 0 saturated carbocycles. The van der Waals surface area contributed by atoms with E-state index in [0.717, 1.165) is 7.11 Å². The van der Waals surface area contributed by atoms with Crippen molar-refractivity contribution in [2.75, 3.05) is 34.7 Å². The molecule has 108 valence electrons. The summed E-state index contributed by atoms with van der Waals surface area (Å²) in [4.78, 5) is 22.5. The van der Waals surface area contributed by atoms with Gasteiger partial charge in [0.2, 0.25) is 6.73 Å². The highest BCUT2D eigenvalue weighted by Gasteiger charge is 2.22. The molecular formula is C10H22NO6P. The summed E-state index contributed by atoms with van der Waals surface area (Å²) in [6, 6.07) is 0. The van der Waals surface area contributed by atoms with Gasteiger partial charge in [0, 0.05) is 7.11 Å². The fourth-order valence-electron chi connectivity index (χ4n) is 0.864.